The molecule has 3 nitrogen and oxygen atoms in total. The van der Waals surface area contributed by atoms with Gasteiger partial charge in [0, 0.05) is 0 Å². The lowest BCUT2D eigenvalue weighted by atomic mass is 10.1. The molecule has 0 saturated carbocycles. The summed E-state index contributed by atoms with van der Waals surface area (Å²) >= 11 is 0. The minimum atomic E-state index is -2.07. The highest BCUT2D eigenvalue weighted by atomic mass is 28.4. The summed E-state index contributed by atoms with van der Waals surface area (Å²) < 4.78 is 5.31. The maximum atomic E-state index is 10.8. The van der Waals surface area contributed by atoms with E-state index in [1.807, 2.05) is 0 Å². The van der Waals surface area contributed by atoms with Crippen LogP contribution in [0.3, 0.4) is 0 Å². The highest BCUT2D eigenvalue weighted by Gasteiger charge is 2.40. The van der Waals surface area contributed by atoms with Crippen LogP contribution in [0.15, 0.2) is 0 Å². The normalized spacial score (nSPS) is 13.4. The molecule has 0 aromatic heterocycles. The summed E-state index contributed by atoms with van der Waals surface area (Å²) in [5.74, 6) is 0. The van der Waals surface area contributed by atoms with Crippen molar-refractivity contribution in [2.75, 3.05) is 0 Å². The Labute approximate surface area is 107 Å². The van der Waals surface area contributed by atoms with Gasteiger partial charge < -0.3 is 9.53 Å². The van der Waals surface area contributed by atoms with Gasteiger partial charge in [-0.15, -0.1) is 0 Å². The Morgan fingerprint density at radius 3 is 2.18 bits per heavy atom. The Kier molecular flexibility index (Phi) is 8.30. The molecule has 0 aromatic rings. The minimum Gasteiger partial charge on any atom is -0.489 e. The zero-order valence-electron chi connectivity index (χ0n) is 11.8. The summed E-state index contributed by atoms with van der Waals surface area (Å²) in [4.78, 5) is 10.8. The van der Waals surface area contributed by atoms with E-state index in [0.29, 0.717) is 5.54 Å². The fourth-order valence-electron chi connectivity index (χ4n) is 2.51. The second-order valence-corrected chi connectivity index (χ2v) is 9.62. The van der Waals surface area contributed by atoms with Gasteiger partial charge in [-0.2, -0.15) is 0 Å². The molecule has 0 amide bonds. The van der Waals surface area contributed by atoms with Crippen LogP contribution in [0.2, 0.25) is 17.6 Å². The van der Waals surface area contributed by atoms with E-state index in [1.54, 1.807) is 0 Å². The number of carboxylic acid groups (broad SMARTS) is 1. The van der Waals surface area contributed by atoms with Crippen molar-refractivity contribution < 1.29 is 14.3 Å². The highest BCUT2D eigenvalue weighted by molar-refractivity contribution is 6.76. The predicted molar refractivity (Wildman–Crippen MR) is 74.0 cm³/mol. The van der Waals surface area contributed by atoms with Crippen molar-refractivity contribution in [1.82, 2.24) is 0 Å². The lowest BCUT2D eigenvalue weighted by Crippen LogP contribution is -2.42. The topological polar surface area (TPSA) is 46.5 Å². The van der Waals surface area contributed by atoms with Crippen LogP contribution in [0.5, 0.6) is 0 Å². The summed E-state index contributed by atoms with van der Waals surface area (Å²) in [7, 11) is -2.07. The molecule has 0 radical (unpaired) electrons. The molecule has 0 aliphatic carbocycles. The van der Waals surface area contributed by atoms with Crippen LogP contribution in [-0.2, 0) is 4.43 Å². The van der Waals surface area contributed by atoms with Crippen molar-refractivity contribution in [2.24, 2.45) is 0 Å². The Hall–Kier alpha value is -0.513. The van der Waals surface area contributed by atoms with Crippen molar-refractivity contribution in [2.45, 2.75) is 77.4 Å². The number of unbranched alkanes of at least 4 members (excludes halogenated alkanes) is 3. The molecular weight excluding hydrogens is 232 g/mol. The van der Waals surface area contributed by atoms with E-state index in [2.05, 4.69) is 27.7 Å². The molecular formula is C13H28O3Si. The monoisotopic (exact) mass is 260 g/mol. The quantitative estimate of drug-likeness (QED) is 0.467. The summed E-state index contributed by atoms with van der Waals surface area (Å²) in [5.41, 5.74) is 0.436. The first-order valence-corrected chi connectivity index (χ1v) is 9.34. The van der Waals surface area contributed by atoms with Gasteiger partial charge >= 0.3 is 6.16 Å². The fourth-order valence-corrected chi connectivity index (χ4v) is 5.97. The maximum absolute atomic E-state index is 10.8. The molecule has 1 unspecified atom stereocenters. The standard InChI is InChI=1S/C13H28O3Si/c1-5-8-9-10-11-12(4)17(6-2,7-3)16-13(14)15/h12H,5-11H2,1-4H3,(H,14,15). The summed E-state index contributed by atoms with van der Waals surface area (Å²) in [5, 5.41) is 8.88. The van der Waals surface area contributed by atoms with Crippen molar-refractivity contribution >= 4 is 14.5 Å². The number of hydrogen-bond donors (Lipinski definition) is 1. The Morgan fingerprint density at radius 2 is 1.76 bits per heavy atom. The van der Waals surface area contributed by atoms with Gasteiger partial charge in [-0.25, -0.2) is 4.79 Å². The average molecular weight is 260 g/mol. The summed E-state index contributed by atoms with van der Waals surface area (Å²) in [6, 6.07) is 1.79. The number of carbonyl (C=O) groups is 1. The molecule has 0 fully saturated rings. The lowest BCUT2D eigenvalue weighted by Gasteiger charge is -2.33. The molecule has 0 aliphatic rings. The molecule has 17 heavy (non-hydrogen) atoms. The molecule has 0 bridgehead atoms. The van der Waals surface area contributed by atoms with E-state index in [-0.39, 0.29) is 0 Å². The molecule has 1 N–H and O–H groups in total. The van der Waals surface area contributed by atoms with Gasteiger partial charge in [-0.1, -0.05) is 53.4 Å². The van der Waals surface area contributed by atoms with Crippen LogP contribution >= 0.6 is 0 Å². The molecule has 0 heterocycles. The van der Waals surface area contributed by atoms with Crippen LogP contribution in [-0.4, -0.2) is 19.6 Å². The van der Waals surface area contributed by atoms with Crippen molar-refractivity contribution in [1.29, 1.82) is 0 Å². The summed E-state index contributed by atoms with van der Waals surface area (Å²) in [6.07, 6.45) is 5.00. The first-order chi connectivity index (χ1) is 8.02. The van der Waals surface area contributed by atoms with Gasteiger partial charge in [0.15, 0.2) is 0 Å². The largest absolute Gasteiger partial charge is 0.491 e. The van der Waals surface area contributed by atoms with Crippen LogP contribution in [0.25, 0.3) is 0 Å². The van der Waals surface area contributed by atoms with Gasteiger partial charge in [0.2, 0.25) is 0 Å². The Balaban J connectivity index is 4.31. The molecule has 4 heteroatoms. The van der Waals surface area contributed by atoms with Crippen LogP contribution in [0.4, 0.5) is 4.79 Å². The van der Waals surface area contributed by atoms with Crippen LogP contribution < -0.4 is 0 Å². The van der Waals surface area contributed by atoms with E-state index in [4.69, 9.17) is 9.53 Å². The van der Waals surface area contributed by atoms with E-state index in [9.17, 15) is 4.79 Å². The molecule has 0 aliphatic heterocycles. The molecule has 0 spiro atoms. The van der Waals surface area contributed by atoms with Gasteiger partial charge in [0.1, 0.15) is 0 Å². The molecule has 0 rings (SSSR count). The third-order valence-corrected chi connectivity index (χ3v) is 8.94. The minimum absolute atomic E-state index is 0.436. The van der Waals surface area contributed by atoms with Crippen molar-refractivity contribution in [3.63, 3.8) is 0 Å². The number of hydrogen-bond acceptors (Lipinski definition) is 2. The van der Waals surface area contributed by atoms with E-state index >= 15 is 0 Å². The third-order valence-electron chi connectivity index (χ3n) is 3.88. The first-order valence-electron chi connectivity index (χ1n) is 6.94. The zero-order valence-corrected chi connectivity index (χ0v) is 12.8. The van der Waals surface area contributed by atoms with Crippen molar-refractivity contribution in [3.05, 3.63) is 0 Å². The smallest absolute Gasteiger partial charge is 0.489 e. The van der Waals surface area contributed by atoms with E-state index in [0.717, 1.165) is 18.5 Å². The lowest BCUT2D eigenvalue weighted by molar-refractivity contribution is 0.139. The van der Waals surface area contributed by atoms with Gasteiger partial charge in [0.25, 0.3) is 8.32 Å². The fraction of sp³-hybridized carbons (Fsp3) is 0.923. The molecule has 1 atom stereocenters. The Morgan fingerprint density at radius 1 is 1.18 bits per heavy atom. The third kappa shape index (κ3) is 5.57. The van der Waals surface area contributed by atoms with Crippen LogP contribution in [0, 0.1) is 0 Å². The van der Waals surface area contributed by atoms with E-state index < -0.39 is 14.5 Å². The predicted octanol–water partition coefficient (Wildman–Crippen LogP) is 5.03. The summed E-state index contributed by atoms with van der Waals surface area (Å²) in [6.45, 7) is 8.52. The van der Waals surface area contributed by atoms with Gasteiger partial charge in [-0.05, 0) is 24.1 Å². The van der Waals surface area contributed by atoms with Crippen LogP contribution in [0.1, 0.15) is 59.8 Å². The number of rotatable bonds is 9. The average Bonchev–Trinajstić information content (AvgIpc) is 2.31. The second-order valence-electron chi connectivity index (χ2n) is 4.89. The molecule has 102 valence electrons. The highest BCUT2D eigenvalue weighted by Crippen LogP contribution is 2.34. The first kappa shape index (κ1) is 16.5. The molecule has 0 saturated heterocycles. The Bertz CT molecular complexity index is 215. The van der Waals surface area contributed by atoms with Gasteiger partial charge in [0.05, 0.1) is 0 Å². The molecule has 0 aromatic carbocycles. The SMILES string of the molecule is CCCCCCC(C)[Si](CC)(CC)OC(=O)O. The maximum Gasteiger partial charge on any atom is 0.491 e. The van der Waals surface area contributed by atoms with Crippen molar-refractivity contribution in [3.8, 4) is 0 Å². The van der Waals surface area contributed by atoms with E-state index in [1.165, 1.54) is 25.7 Å². The second kappa shape index (κ2) is 8.56. The zero-order chi connectivity index (χ0) is 13.3. The van der Waals surface area contributed by atoms with Gasteiger partial charge in [-0.3, -0.25) is 0 Å².